The molecule has 2 amide bonds. The van der Waals surface area contributed by atoms with Gasteiger partial charge >= 0.3 is 0 Å². The highest BCUT2D eigenvalue weighted by atomic mass is 32.2. The molecule has 0 bridgehead atoms. The number of benzene rings is 2. The molecule has 1 aliphatic heterocycles. The van der Waals surface area contributed by atoms with Gasteiger partial charge in [-0.2, -0.15) is 11.8 Å². The number of rotatable bonds is 8. The number of nitrogens with one attached hydrogen (secondary N) is 1. The van der Waals surface area contributed by atoms with Gasteiger partial charge in [-0.15, -0.1) is 0 Å². The second kappa shape index (κ2) is 10.9. The molecule has 1 heterocycles. The van der Waals surface area contributed by atoms with Crippen molar-refractivity contribution in [3.8, 4) is 11.5 Å². The molecule has 1 atom stereocenters. The third-order valence-corrected chi connectivity index (χ3v) is 6.16. The van der Waals surface area contributed by atoms with Crippen LogP contribution in [-0.2, 0) is 22.4 Å². The lowest BCUT2D eigenvalue weighted by atomic mass is 10.1. The van der Waals surface area contributed by atoms with Gasteiger partial charge in [0.15, 0.2) is 0 Å². The Morgan fingerprint density at radius 2 is 1.67 bits per heavy atom. The molecule has 0 aromatic heterocycles. The average Bonchev–Trinajstić information content (AvgIpc) is 2.78. The summed E-state index contributed by atoms with van der Waals surface area (Å²) in [5, 5.41) is 3.00. The van der Waals surface area contributed by atoms with Crippen LogP contribution in [0.1, 0.15) is 11.1 Å². The molecule has 1 saturated heterocycles. The van der Waals surface area contributed by atoms with E-state index >= 15 is 0 Å². The molecule has 0 spiro atoms. The maximum Gasteiger partial charge on any atom is 0.227 e. The Morgan fingerprint density at radius 3 is 2.30 bits per heavy atom. The first-order valence-corrected chi connectivity index (χ1v) is 11.1. The topological polar surface area (TPSA) is 67.9 Å². The van der Waals surface area contributed by atoms with Gasteiger partial charge in [-0.1, -0.05) is 24.3 Å². The quantitative estimate of drug-likeness (QED) is 0.700. The number of thioether (sulfide) groups is 1. The molecule has 2 aromatic rings. The van der Waals surface area contributed by atoms with E-state index in [0.29, 0.717) is 19.5 Å². The van der Waals surface area contributed by atoms with Crippen LogP contribution < -0.4 is 14.8 Å². The van der Waals surface area contributed by atoms with Gasteiger partial charge in [-0.05, 0) is 35.4 Å². The minimum Gasteiger partial charge on any atom is -0.497 e. The predicted molar refractivity (Wildman–Crippen MR) is 119 cm³/mol. The zero-order valence-electron chi connectivity index (χ0n) is 17.4. The maximum atomic E-state index is 12.9. The largest absolute Gasteiger partial charge is 0.497 e. The number of carbonyl (C=O) groups excluding carboxylic acids is 2. The molecule has 7 heteroatoms. The van der Waals surface area contributed by atoms with Crippen LogP contribution in [0.3, 0.4) is 0 Å². The second-order valence-electron chi connectivity index (χ2n) is 7.18. The van der Waals surface area contributed by atoms with Gasteiger partial charge in [-0.25, -0.2) is 0 Å². The Morgan fingerprint density at radius 1 is 1.03 bits per heavy atom. The third kappa shape index (κ3) is 6.16. The van der Waals surface area contributed by atoms with Crippen LogP contribution in [0.15, 0.2) is 48.5 Å². The summed E-state index contributed by atoms with van der Waals surface area (Å²) in [6.45, 7) is 1.16. The van der Waals surface area contributed by atoms with Gasteiger partial charge in [0.25, 0.3) is 0 Å². The fraction of sp³-hybridized carbons (Fsp3) is 0.391. The van der Waals surface area contributed by atoms with Crippen LogP contribution >= 0.6 is 11.8 Å². The summed E-state index contributed by atoms with van der Waals surface area (Å²) in [5.74, 6) is 3.24. The van der Waals surface area contributed by atoms with Crippen molar-refractivity contribution in [2.75, 3.05) is 38.8 Å². The lowest BCUT2D eigenvalue weighted by molar-refractivity contribution is -0.132. The normalized spacial score (nSPS) is 16.1. The molecule has 6 nitrogen and oxygen atoms in total. The van der Waals surface area contributed by atoms with E-state index in [0.717, 1.165) is 34.1 Å². The highest BCUT2D eigenvalue weighted by Crippen LogP contribution is 2.19. The van der Waals surface area contributed by atoms with E-state index in [1.807, 2.05) is 65.2 Å². The molecule has 3 rings (SSSR count). The van der Waals surface area contributed by atoms with E-state index in [4.69, 9.17) is 9.47 Å². The van der Waals surface area contributed by atoms with Crippen LogP contribution in [0.25, 0.3) is 0 Å². The van der Waals surface area contributed by atoms with E-state index < -0.39 is 0 Å². The first kappa shape index (κ1) is 22.0. The molecular formula is C23H28N2O4S. The van der Waals surface area contributed by atoms with Crippen LogP contribution in [0.2, 0.25) is 0 Å². The maximum absolute atomic E-state index is 12.9. The number of hydrogen-bond acceptors (Lipinski definition) is 5. The van der Waals surface area contributed by atoms with E-state index in [2.05, 4.69) is 5.32 Å². The molecule has 0 saturated carbocycles. The minimum absolute atomic E-state index is 0.00360. The smallest absolute Gasteiger partial charge is 0.227 e. The van der Waals surface area contributed by atoms with Gasteiger partial charge in [-0.3, -0.25) is 9.59 Å². The first-order chi connectivity index (χ1) is 14.6. The number of nitrogens with zero attached hydrogens (tertiary/aromatic N) is 1. The van der Waals surface area contributed by atoms with Crippen molar-refractivity contribution in [1.82, 2.24) is 10.2 Å². The van der Waals surface area contributed by atoms with Crippen molar-refractivity contribution in [3.05, 3.63) is 59.7 Å². The van der Waals surface area contributed by atoms with Gasteiger partial charge in [0.1, 0.15) is 11.5 Å². The molecule has 0 radical (unpaired) electrons. The Kier molecular flexibility index (Phi) is 8.02. The molecule has 160 valence electrons. The van der Waals surface area contributed by atoms with Crippen molar-refractivity contribution in [3.63, 3.8) is 0 Å². The second-order valence-corrected chi connectivity index (χ2v) is 8.33. The van der Waals surface area contributed by atoms with Crippen LogP contribution in [0, 0.1) is 0 Å². The highest BCUT2D eigenvalue weighted by molar-refractivity contribution is 7.99. The molecule has 2 aromatic carbocycles. The molecule has 0 unspecified atom stereocenters. The van der Waals surface area contributed by atoms with Gasteiger partial charge in [0.05, 0.1) is 33.1 Å². The van der Waals surface area contributed by atoms with Crippen molar-refractivity contribution < 1.29 is 19.1 Å². The van der Waals surface area contributed by atoms with Crippen LogP contribution in [-0.4, -0.2) is 61.6 Å². The van der Waals surface area contributed by atoms with E-state index in [9.17, 15) is 9.59 Å². The molecule has 1 fully saturated rings. The molecular weight excluding hydrogens is 400 g/mol. The summed E-state index contributed by atoms with van der Waals surface area (Å²) >= 11 is 1.82. The Labute approximate surface area is 181 Å². The van der Waals surface area contributed by atoms with Crippen LogP contribution in [0.4, 0.5) is 0 Å². The highest BCUT2D eigenvalue weighted by Gasteiger charge is 2.27. The number of amides is 2. The van der Waals surface area contributed by atoms with E-state index in [-0.39, 0.29) is 24.3 Å². The molecule has 30 heavy (non-hydrogen) atoms. The zero-order chi connectivity index (χ0) is 21.3. The SMILES string of the molecule is COc1cccc(CC(=O)NC[C@@H]2CSCCN2C(=O)Cc2cccc(OC)c2)c1. The summed E-state index contributed by atoms with van der Waals surface area (Å²) in [5.41, 5.74) is 1.83. The first-order valence-electron chi connectivity index (χ1n) is 9.99. The van der Waals surface area contributed by atoms with Gasteiger partial charge < -0.3 is 19.7 Å². The molecule has 0 aliphatic carbocycles. The van der Waals surface area contributed by atoms with Crippen molar-refractivity contribution in [2.45, 2.75) is 18.9 Å². The fourth-order valence-corrected chi connectivity index (χ4v) is 4.54. The summed E-state index contributed by atoms with van der Waals surface area (Å²) in [4.78, 5) is 27.3. The Hall–Kier alpha value is -2.67. The van der Waals surface area contributed by atoms with Crippen LogP contribution in [0.5, 0.6) is 11.5 Å². The summed E-state index contributed by atoms with van der Waals surface area (Å²) < 4.78 is 10.5. The van der Waals surface area contributed by atoms with Crippen molar-refractivity contribution in [1.29, 1.82) is 0 Å². The minimum atomic E-state index is -0.0565. The van der Waals surface area contributed by atoms with Gasteiger partial charge in [0, 0.05) is 24.6 Å². The van der Waals surface area contributed by atoms with E-state index in [1.54, 1.807) is 14.2 Å². The number of ether oxygens (including phenoxy) is 2. The molecule has 1 N–H and O–H groups in total. The number of hydrogen-bond donors (Lipinski definition) is 1. The lowest BCUT2D eigenvalue weighted by Crippen LogP contribution is -2.52. The average molecular weight is 429 g/mol. The Balaban J connectivity index is 1.55. The summed E-state index contributed by atoms with van der Waals surface area (Å²) in [7, 11) is 3.23. The zero-order valence-corrected chi connectivity index (χ0v) is 18.2. The standard InChI is InChI=1S/C23H28N2O4S/c1-28-20-7-3-5-17(11-20)13-22(26)24-15-19-16-30-10-9-25(19)23(27)14-18-6-4-8-21(12-18)29-2/h3-8,11-12,19H,9-10,13-16H2,1-2H3,(H,24,26)/t19-/m1/s1. The Bertz CT molecular complexity index is 874. The number of methoxy groups -OCH3 is 2. The summed E-state index contributed by atoms with van der Waals surface area (Å²) in [6, 6.07) is 15.1. The summed E-state index contributed by atoms with van der Waals surface area (Å²) in [6.07, 6.45) is 0.616. The van der Waals surface area contributed by atoms with Gasteiger partial charge in [0.2, 0.25) is 11.8 Å². The molecule has 1 aliphatic rings. The number of carbonyl (C=O) groups is 2. The lowest BCUT2D eigenvalue weighted by Gasteiger charge is -2.35. The predicted octanol–water partition coefficient (Wildman–Crippen LogP) is 2.55. The van der Waals surface area contributed by atoms with E-state index in [1.165, 1.54) is 0 Å². The fourth-order valence-electron chi connectivity index (χ4n) is 3.47. The third-order valence-electron chi connectivity index (χ3n) is 5.07. The van der Waals surface area contributed by atoms with Crippen molar-refractivity contribution in [2.24, 2.45) is 0 Å². The van der Waals surface area contributed by atoms with Crippen molar-refractivity contribution >= 4 is 23.6 Å². The monoisotopic (exact) mass is 428 g/mol.